The number of hydrogen-bond acceptors (Lipinski definition) is 5. The van der Waals surface area contributed by atoms with E-state index in [-0.39, 0.29) is 17.2 Å². The third kappa shape index (κ3) is 5.41. The van der Waals surface area contributed by atoms with Crippen LogP contribution in [0, 0.1) is 0 Å². The normalized spacial score (nSPS) is 19.5. The summed E-state index contributed by atoms with van der Waals surface area (Å²) >= 11 is 0. The molecule has 3 aliphatic rings. The third-order valence-electron chi connectivity index (χ3n) is 9.61. The van der Waals surface area contributed by atoms with Gasteiger partial charge in [-0.2, -0.15) is 0 Å². The maximum absolute atomic E-state index is 14.4. The molecule has 7 rings (SSSR count). The van der Waals surface area contributed by atoms with Crippen LogP contribution in [0.4, 0.5) is 0 Å². The Morgan fingerprint density at radius 1 is 0.881 bits per heavy atom. The highest BCUT2D eigenvalue weighted by atomic mass is 16.3. The topological polar surface area (TPSA) is 68.7 Å². The zero-order valence-corrected chi connectivity index (χ0v) is 24.3. The van der Waals surface area contributed by atoms with E-state index in [1.807, 2.05) is 54.6 Å². The summed E-state index contributed by atoms with van der Waals surface area (Å²) in [7, 11) is 0. The van der Waals surface area contributed by atoms with Crippen molar-refractivity contribution in [3.8, 4) is 17.0 Å². The summed E-state index contributed by atoms with van der Waals surface area (Å²) in [6.45, 7) is 5.12. The van der Waals surface area contributed by atoms with Gasteiger partial charge in [-0.15, -0.1) is 0 Å². The Balaban J connectivity index is 1.27. The van der Waals surface area contributed by atoms with E-state index in [1.165, 1.54) is 32.4 Å². The van der Waals surface area contributed by atoms with Crippen LogP contribution in [0.2, 0.25) is 0 Å². The first kappa shape index (κ1) is 27.1. The van der Waals surface area contributed by atoms with Crippen molar-refractivity contribution in [1.82, 2.24) is 20.1 Å². The summed E-state index contributed by atoms with van der Waals surface area (Å²) in [5, 5.41) is 14.7. The van der Waals surface area contributed by atoms with Gasteiger partial charge in [0, 0.05) is 29.1 Å². The number of phenolic OH excluding ortho intramolecular Hbond substituents is 1. The molecule has 3 aromatic carbocycles. The van der Waals surface area contributed by atoms with Gasteiger partial charge in [0.25, 0.3) is 5.91 Å². The first-order valence-electron chi connectivity index (χ1n) is 15.7. The molecule has 2 aliphatic heterocycles. The summed E-state index contributed by atoms with van der Waals surface area (Å²) in [6.07, 6.45) is 8.17. The number of pyridine rings is 1. The van der Waals surface area contributed by atoms with Crippen LogP contribution in [0.1, 0.15) is 66.4 Å². The van der Waals surface area contributed by atoms with E-state index in [9.17, 15) is 9.90 Å². The van der Waals surface area contributed by atoms with Crippen LogP contribution in [-0.4, -0.2) is 58.0 Å². The van der Waals surface area contributed by atoms with Crippen LogP contribution >= 0.6 is 0 Å². The zero-order valence-electron chi connectivity index (χ0n) is 24.3. The Kier molecular flexibility index (Phi) is 7.43. The number of fused-ring (bicyclic) bond motifs is 1. The van der Waals surface area contributed by atoms with Gasteiger partial charge in [0.1, 0.15) is 5.75 Å². The van der Waals surface area contributed by atoms with E-state index in [4.69, 9.17) is 4.98 Å². The van der Waals surface area contributed by atoms with Gasteiger partial charge in [-0.25, -0.2) is 4.98 Å². The molecule has 0 radical (unpaired) electrons. The minimum absolute atomic E-state index is 0.0467. The maximum Gasteiger partial charge on any atom is 0.253 e. The molecule has 0 spiro atoms. The number of carbonyl (C=O) groups excluding carboxylic acids is 1. The highest BCUT2D eigenvalue weighted by Gasteiger charge is 2.46. The standard InChI is InChI=1S/C36H40N4O2/c41-29-13-9-10-26(24-29)34-31(25-39-22-16-28(17-23-39)40-20-7-2-8-21-40)33(30-14-5-6-15-32(30)37-34)35(42)38-36(18-19-36)27-11-3-1-4-12-27/h1,3-6,9-15,24,28,41H,2,7-8,16-23,25H2,(H,38,42). The van der Waals surface area contributed by atoms with Crippen molar-refractivity contribution in [1.29, 1.82) is 0 Å². The number of nitrogens with one attached hydrogen (secondary N) is 1. The number of likely N-dealkylation sites (tertiary alicyclic amines) is 2. The Morgan fingerprint density at radius 2 is 1.62 bits per heavy atom. The van der Waals surface area contributed by atoms with Crippen molar-refractivity contribution in [2.45, 2.75) is 63.1 Å². The summed E-state index contributed by atoms with van der Waals surface area (Å²) in [4.78, 5) is 24.8. The molecule has 0 atom stereocenters. The van der Waals surface area contributed by atoms with Gasteiger partial charge in [0.2, 0.25) is 0 Å². The van der Waals surface area contributed by atoms with Crippen molar-refractivity contribution in [2.24, 2.45) is 0 Å². The van der Waals surface area contributed by atoms with Gasteiger partial charge in [-0.05, 0) is 88.5 Å². The first-order chi connectivity index (χ1) is 20.6. The molecule has 3 fully saturated rings. The number of carbonyl (C=O) groups is 1. The molecule has 6 heteroatoms. The van der Waals surface area contributed by atoms with Crippen LogP contribution in [-0.2, 0) is 12.1 Å². The number of aromatic hydroxyl groups is 1. The summed E-state index contributed by atoms with van der Waals surface area (Å²) in [5.74, 6) is 0.150. The molecule has 2 saturated heterocycles. The zero-order chi connectivity index (χ0) is 28.5. The van der Waals surface area contributed by atoms with E-state index in [0.29, 0.717) is 18.2 Å². The van der Waals surface area contributed by atoms with Crippen molar-refractivity contribution >= 4 is 16.8 Å². The number of piperidine rings is 2. The lowest BCUT2D eigenvalue weighted by atomic mass is 9.93. The number of rotatable bonds is 7. The fraction of sp³-hybridized carbons (Fsp3) is 0.389. The van der Waals surface area contributed by atoms with Crippen LogP contribution in [0.25, 0.3) is 22.2 Å². The predicted octanol–water partition coefficient (Wildman–Crippen LogP) is 6.48. The second kappa shape index (κ2) is 11.5. The lowest BCUT2D eigenvalue weighted by Crippen LogP contribution is -2.46. The van der Waals surface area contributed by atoms with Crippen molar-refractivity contribution in [3.63, 3.8) is 0 Å². The highest BCUT2D eigenvalue weighted by molar-refractivity contribution is 6.09. The second-order valence-corrected chi connectivity index (χ2v) is 12.4. The SMILES string of the molecule is O=C(NC1(c2ccccc2)CC1)c1c(CN2CCC(N3CCCCC3)CC2)c(-c2cccc(O)c2)nc2ccccc12. The second-order valence-electron chi connectivity index (χ2n) is 12.4. The molecule has 3 heterocycles. The number of amides is 1. The number of benzene rings is 3. The van der Waals surface area contributed by atoms with Gasteiger partial charge in [0.15, 0.2) is 0 Å². The number of nitrogens with zero attached hydrogens (tertiary/aromatic N) is 3. The molecule has 1 aliphatic carbocycles. The fourth-order valence-electron chi connectivity index (χ4n) is 7.15. The van der Waals surface area contributed by atoms with E-state index >= 15 is 0 Å². The third-order valence-corrected chi connectivity index (χ3v) is 9.61. The van der Waals surface area contributed by atoms with E-state index < -0.39 is 0 Å². The molecule has 0 bridgehead atoms. The highest BCUT2D eigenvalue weighted by Crippen LogP contribution is 2.46. The molecule has 1 amide bonds. The molecule has 0 unspecified atom stereocenters. The Bertz CT molecular complexity index is 1570. The lowest BCUT2D eigenvalue weighted by molar-refractivity contribution is 0.0881. The molecule has 216 valence electrons. The maximum atomic E-state index is 14.4. The van der Waals surface area contributed by atoms with Gasteiger partial charge in [-0.1, -0.05) is 67.1 Å². The van der Waals surface area contributed by atoms with Gasteiger partial charge in [-0.3, -0.25) is 9.69 Å². The average molecular weight is 561 g/mol. The summed E-state index contributed by atoms with van der Waals surface area (Å²) in [5.41, 5.74) is 4.88. The van der Waals surface area contributed by atoms with Crippen LogP contribution in [0.5, 0.6) is 5.75 Å². The molecular formula is C36H40N4O2. The Morgan fingerprint density at radius 3 is 2.36 bits per heavy atom. The van der Waals surface area contributed by atoms with Crippen LogP contribution in [0.3, 0.4) is 0 Å². The molecule has 42 heavy (non-hydrogen) atoms. The fourth-order valence-corrected chi connectivity index (χ4v) is 7.15. The van der Waals surface area contributed by atoms with Crippen molar-refractivity contribution < 1.29 is 9.90 Å². The Hall–Kier alpha value is -3.74. The number of phenols is 1. The lowest BCUT2D eigenvalue weighted by Gasteiger charge is -2.40. The molecule has 2 N–H and O–H groups in total. The Labute approximate surface area is 248 Å². The number of aromatic nitrogens is 1. The largest absolute Gasteiger partial charge is 0.508 e. The van der Waals surface area contributed by atoms with Crippen LogP contribution in [0.15, 0.2) is 78.9 Å². The van der Waals surface area contributed by atoms with E-state index in [0.717, 1.165) is 72.1 Å². The molecule has 1 saturated carbocycles. The van der Waals surface area contributed by atoms with Gasteiger partial charge >= 0.3 is 0 Å². The molecule has 1 aromatic heterocycles. The van der Waals surface area contributed by atoms with Crippen molar-refractivity contribution in [3.05, 3.63) is 95.6 Å². The van der Waals surface area contributed by atoms with Gasteiger partial charge < -0.3 is 15.3 Å². The first-order valence-corrected chi connectivity index (χ1v) is 15.7. The van der Waals surface area contributed by atoms with Crippen LogP contribution < -0.4 is 5.32 Å². The minimum atomic E-state index is -0.321. The molecule has 4 aromatic rings. The molecule has 6 nitrogen and oxygen atoms in total. The monoisotopic (exact) mass is 560 g/mol. The predicted molar refractivity (Wildman–Crippen MR) is 167 cm³/mol. The van der Waals surface area contributed by atoms with Crippen molar-refractivity contribution in [2.75, 3.05) is 26.2 Å². The smallest absolute Gasteiger partial charge is 0.253 e. The summed E-state index contributed by atoms with van der Waals surface area (Å²) < 4.78 is 0. The average Bonchev–Trinajstić information content (AvgIpc) is 3.82. The summed E-state index contributed by atoms with van der Waals surface area (Å²) in [6, 6.07) is 26.2. The van der Waals surface area contributed by atoms with E-state index in [1.54, 1.807) is 12.1 Å². The number of para-hydroxylation sites is 1. The minimum Gasteiger partial charge on any atom is -0.508 e. The van der Waals surface area contributed by atoms with Gasteiger partial charge in [0.05, 0.1) is 22.3 Å². The number of hydrogen-bond donors (Lipinski definition) is 2. The van der Waals surface area contributed by atoms with E-state index in [2.05, 4.69) is 27.2 Å². The quantitative estimate of drug-likeness (QED) is 0.271. The molecular weight excluding hydrogens is 520 g/mol.